The Kier molecular flexibility index (Phi) is 3.00. The largest absolute Gasteiger partial charge is 0.391 e. The maximum atomic E-state index is 12.9. The van der Waals surface area contributed by atoms with Crippen molar-refractivity contribution in [2.75, 3.05) is 0 Å². The molecule has 5 heteroatoms. The van der Waals surface area contributed by atoms with Crippen molar-refractivity contribution in [2.24, 2.45) is 0 Å². The number of aliphatic hydroxyl groups is 1. The molecule has 0 radical (unpaired) electrons. The quantitative estimate of drug-likeness (QED) is 0.879. The molecule has 2 aromatic rings. The first-order valence-corrected chi connectivity index (χ1v) is 5.42. The molecule has 15 heavy (non-hydrogen) atoms. The topological polar surface area (TPSA) is 33.1 Å². The van der Waals surface area contributed by atoms with Crippen LogP contribution in [0, 0.1) is 5.82 Å². The van der Waals surface area contributed by atoms with Gasteiger partial charge in [0.25, 0.3) is 0 Å². The normalized spacial score (nSPS) is 10.6. The monoisotopic (exact) mass is 243 g/mol. The molecule has 0 fully saturated rings. The SMILES string of the molecule is OCc1sc(-c2cccc(F)c2)nc1Cl. The molecule has 0 aliphatic rings. The predicted molar refractivity (Wildman–Crippen MR) is 58.4 cm³/mol. The first-order chi connectivity index (χ1) is 7.20. The Balaban J connectivity index is 2.45. The zero-order valence-corrected chi connectivity index (χ0v) is 9.15. The van der Waals surface area contributed by atoms with Crippen molar-refractivity contribution in [3.8, 4) is 10.6 Å². The van der Waals surface area contributed by atoms with Crippen molar-refractivity contribution in [3.63, 3.8) is 0 Å². The Morgan fingerprint density at radius 2 is 2.27 bits per heavy atom. The van der Waals surface area contributed by atoms with Gasteiger partial charge < -0.3 is 5.11 Å². The highest BCUT2D eigenvalue weighted by Gasteiger charge is 2.10. The second-order valence-electron chi connectivity index (χ2n) is 2.90. The molecule has 0 bridgehead atoms. The van der Waals surface area contributed by atoms with Crippen LogP contribution >= 0.6 is 22.9 Å². The summed E-state index contributed by atoms with van der Waals surface area (Å²) < 4.78 is 12.9. The van der Waals surface area contributed by atoms with E-state index in [0.717, 1.165) is 0 Å². The Morgan fingerprint density at radius 3 is 2.87 bits per heavy atom. The molecule has 2 nitrogen and oxygen atoms in total. The molecule has 1 aromatic carbocycles. The fourth-order valence-corrected chi connectivity index (χ4v) is 2.30. The summed E-state index contributed by atoms with van der Waals surface area (Å²) in [5, 5.41) is 9.84. The molecule has 1 N–H and O–H groups in total. The molecule has 0 amide bonds. The van der Waals surface area contributed by atoms with Crippen molar-refractivity contribution in [1.82, 2.24) is 4.98 Å². The third-order valence-corrected chi connectivity index (χ3v) is 3.38. The van der Waals surface area contributed by atoms with E-state index in [4.69, 9.17) is 16.7 Å². The molecule has 78 valence electrons. The van der Waals surface area contributed by atoms with E-state index in [0.29, 0.717) is 15.4 Å². The summed E-state index contributed by atoms with van der Waals surface area (Å²) in [7, 11) is 0. The van der Waals surface area contributed by atoms with E-state index >= 15 is 0 Å². The first-order valence-electron chi connectivity index (χ1n) is 4.22. The van der Waals surface area contributed by atoms with Gasteiger partial charge in [0, 0.05) is 5.56 Å². The maximum Gasteiger partial charge on any atom is 0.146 e. The summed E-state index contributed by atoms with van der Waals surface area (Å²) in [6.45, 7) is -0.147. The van der Waals surface area contributed by atoms with E-state index < -0.39 is 0 Å². The fourth-order valence-electron chi connectivity index (χ4n) is 1.18. The Labute approximate surface area is 95.0 Å². The zero-order chi connectivity index (χ0) is 10.8. The molecule has 0 saturated heterocycles. The minimum atomic E-state index is -0.315. The van der Waals surface area contributed by atoms with Crippen LogP contribution in [0.4, 0.5) is 4.39 Å². The van der Waals surface area contributed by atoms with E-state index in [1.807, 2.05) is 0 Å². The van der Waals surface area contributed by atoms with Crippen LogP contribution in [0.2, 0.25) is 5.15 Å². The average Bonchev–Trinajstić information content (AvgIpc) is 2.60. The van der Waals surface area contributed by atoms with Crippen LogP contribution in [-0.4, -0.2) is 10.1 Å². The van der Waals surface area contributed by atoms with Gasteiger partial charge in [0.2, 0.25) is 0 Å². The van der Waals surface area contributed by atoms with Crippen LogP contribution in [-0.2, 0) is 6.61 Å². The number of rotatable bonds is 2. The molecular weight excluding hydrogens is 237 g/mol. The van der Waals surface area contributed by atoms with Crippen molar-refractivity contribution < 1.29 is 9.50 Å². The molecular formula is C10H7ClFNOS. The van der Waals surface area contributed by atoms with E-state index in [-0.39, 0.29) is 17.6 Å². The number of aromatic nitrogens is 1. The standard InChI is InChI=1S/C10H7ClFNOS/c11-9-8(5-14)15-10(13-9)6-2-1-3-7(12)4-6/h1-4,14H,5H2. The van der Waals surface area contributed by atoms with Crippen LogP contribution in [0.1, 0.15) is 4.88 Å². The van der Waals surface area contributed by atoms with Gasteiger partial charge in [0.05, 0.1) is 11.5 Å². The highest BCUT2D eigenvalue weighted by atomic mass is 35.5. The van der Waals surface area contributed by atoms with Gasteiger partial charge in [-0.05, 0) is 12.1 Å². The van der Waals surface area contributed by atoms with Crippen molar-refractivity contribution >= 4 is 22.9 Å². The smallest absolute Gasteiger partial charge is 0.146 e. The number of thiazole rings is 1. The third kappa shape index (κ3) is 2.17. The first kappa shape index (κ1) is 10.5. The minimum Gasteiger partial charge on any atom is -0.391 e. The summed E-state index contributed by atoms with van der Waals surface area (Å²) in [6.07, 6.45) is 0. The van der Waals surface area contributed by atoms with Gasteiger partial charge in [0.15, 0.2) is 0 Å². The number of halogens is 2. The molecule has 1 heterocycles. The predicted octanol–water partition coefficient (Wildman–Crippen LogP) is 3.09. The van der Waals surface area contributed by atoms with Crippen molar-refractivity contribution in [1.29, 1.82) is 0 Å². The molecule has 0 spiro atoms. The highest BCUT2D eigenvalue weighted by molar-refractivity contribution is 7.15. The molecule has 0 saturated carbocycles. The van der Waals surface area contributed by atoms with Gasteiger partial charge in [-0.2, -0.15) is 0 Å². The van der Waals surface area contributed by atoms with Gasteiger partial charge in [-0.25, -0.2) is 9.37 Å². The van der Waals surface area contributed by atoms with Crippen LogP contribution in [0.15, 0.2) is 24.3 Å². The summed E-state index contributed by atoms with van der Waals surface area (Å²) in [5.74, 6) is -0.315. The second-order valence-corrected chi connectivity index (χ2v) is 4.34. The lowest BCUT2D eigenvalue weighted by molar-refractivity contribution is 0.285. The van der Waals surface area contributed by atoms with Crippen LogP contribution in [0.3, 0.4) is 0 Å². The third-order valence-electron chi connectivity index (χ3n) is 1.86. The summed E-state index contributed by atoms with van der Waals surface area (Å²) in [4.78, 5) is 4.64. The summed E-state index contributed by atoms with van der Waals surface area (Å²) >= 11 is 7.04. The maximum absolute atomic E-state index is 12.9. The Bertz CT molecular complexity index is 486. The fraction of sp³-hybridized carbons (Fsp3) is 0.100. The average molecular weight is 244 g/mol. The Morgan fingerprint density at radius 1 is 1.47 bits per heavy atom. The molecule has 1 aromatic heterocycles. The molecule has 0 unspecified atom stereocenters. The van der Waals surface area contributed by atoms with Gasteiger partial charge in [-0.1, -0.05) is 23.7 Å². The lowest BCUT2D eigenvalue weighted by Gasteiger charge is -1.94. The van der Waals surface area contributed by atoms with E-state index in [2.05, 4.69) is 4.98 Å². The van der Waals surface area contributed by atoms with E-state index in [9.17, 15) is 4.39 Å². The Hall–Kier alpha value is -0.970. The molecule has 2 rings (SSSR count). The van der Waals surface area contributed by atoms with Gasteiger partial charge in [-0.3, -0.25) is 0 Å². The number of hydrogen-bond donors (Lipinski definition) is 1. The zero-order valence-electron chi connectivity index (χ0n) is 7.58. The molecule has 0 atom stereocenters. The van der Waals surface area contributed by atoms with Gasteiger partial charge in [-0.15, -0.1) is 11.3 Å². The summed E-state index contributed by atoms with van der Waals surface area (Å²) in [5.41, 5.74) is 0.668. The number of aliphatic hydroxyl groups excluding tert-OH is 1. The summed E-state index contributed by atoms with van der Waals surface area (Å²) in [6, 6.07) is 6.11. The molecule has 0 aliphatic carbocycles. The molecule has 0 aliphatic heterocycles. The van der Waals surface area contributed by atoms with Crippen LogP contribution < -0.4 is 0 Å². The lowest BCUT2D eigenvalue weighted by Crippen LogP contribution is -1.78. The van der Waals surface area contributed by atoms with Gasteiger partial charge in [0.1, 0.15) is 16.0 Å². The van der Waals surface area contributed by atoms with Gasteiger partial charge >= 0.3 is 0 Å². The number of nitrogens with zero attached hydrogens (tertiary/aromatic N) is 1. The van der Waals surface area contributed by atoms with Crippen LogP contribution in [0.5, 0.6) is 0 Å². The highest BCUT2D eigenvalue weighted by Crippen LogP contribution is 2.30. The lowest BCUT2D eigenvalue weighted by atomic mass is 10.2. The van der Waals surface area contributed by atoms with Crippen molar-refractivity contribution in [2.45, 2.75) is 6.61 Å². The van der Waals surface area contributed by atoms with E-state index in [1.165, 1.54) is 23.5 Å². The number of hydrogen-bond acceptors (Lipinski definition) is 3. The van der Waals surface area contributed by atoms with Crippen molar-refractivity contribution in [3.05, 3.63) is 40.1 Å². The minimum absolute atomic E-state index is 0.147. The second kappa shape index (κ2) is 4.26. The number of benzene rings is 1. The van der Waals surface area contributed by atoms with E-state index in [1.54, 1.807) is 12.1 Å². The van der Waals surface area contributed by atoms with Crippen LogP contribution in [0.25, 0.3) is 10.6 Å².